The highest BCUT2D eigenvalue weighted by molar-refractivity contribution is 9.10. The number of carbonyl (C=O) groups excluding carboxylic acids is 3. The molecule has 210 valence electrons. The average Bonchev–Trinajstić information content (AvgIpc) is 3.32. The summed E-state index contributed by atoms with van der Waals surface area (Å²) in [7, 11) is 0. The summed E-state index contributed by atoms with van der Waals surface area (Å²) in [5.41, 5.74) is 2.93. The summed E-state index contributed by atoms with van der Waals surface area (Å²) in [4.78, 5) is 46.4. The molecule has 0 unspecified atom stereocenters. The van der Waals surface area contributed by atoms with Crippen LogP contribution in [0.1, 0.15) is 67.1 Å². The van der Waals surface area contributed by atoms with Gasteiger partial charge in [0.1, 0.15) is 28.7 Å². The van der Waals surface area contributed by atoms with E-state index in [9.17, 15) is 14.4 Å². The molecule has 2 fully saturated rings. The Hall–Kier alpha value is -3.11. The van der Waals surface area contributed by atoms with Gasteiger partial charge in [-0.3, -0.25) is 19.1 Å². The minimum Gasteiger partial charge on any atom is -0.381 e. The normalized spacial score (nSPS) is 25.1. The van der Waals surface area contributed by atoms with Crippen LogP contribution in [-0.2, 0) is 27.3 Å². The van der Waals surface area contributed by atoms with E-state index in [0.717, 1.165) is 60.6 Å². The zero-order valence-electron chi connectivity index (χ0n) is 22.9. The number of piperidine rings is 1. The minimum absolute atomic E-state index is 0.0355. The Balaban J connectivity index is 1.36. The van der Waals surface area contributed by atoms with E-state index in [4.69, 9.17) is 4.74 Å². The van der Waals surface area contributed by atoms with Crippen LogP contribution in [0.25, 0.3) is 10.9 Å². The van der Waals surface area contributed by atoms with Gasteiger partial charge in [0.2, 0.25) is 11.8 Å². The van der Waals surface area contributed by atoms with E-state index >= 15 is 0 Å². The first kappa shape index (κ1) is 27.1. The van der Waals surface area contributed by atoms with Crippen molar-refractivity contribution in [2.24, 2.45) is 5.41 Å². The largest absolute Gasteiger partial charge is 0.381 e. The molecule has 1 saturated heterocycles. The summed E-state index contributed by atoms with van der Waals surface area (Å²) in [6.07, 6.45) is 6.37. The van der Waals surface area contributed by atoms with E-state index in [0.29, 0.717) is 35.7 Å². The van der Waals surface area contributed by atoms with Gasteiger partial charge in [-0.2, -0.15) is 5.10 Å². The van der Waals surface area contributed by atoms with Gasteiger partial charge in [-0.15, -0.1) is 0 Å². The van der Waals surface area contributed by atoms with E-state index < -0.39 is 6.04 Å². The molecule has 3 aliphatic rings. The van der Waals surface area contributed by atoms with Crippen LogP contribution in [0.15, 0.2) is 34.9 Å². The molecule has 10 heteroatoms. The number of rotatable bonds is 3. The Morgan fingerprint density at radius 3 is 2.77 bits per heavy atom. The number of benzene rings is 1. The molecule has 9 nitrogen and oxygen atoms in total. The predicted octanol–water partition coefficient (Wildman–Crippen LogP) is 4.84. The van der Waals surface area contributed by atoms with Crippen molar-refractivity contribution in [2.75, 3.05) is 18.5 Å². The van der Waals surface area contributed by atoms with E-state index in [2.05, 4.69) is 37.4 Å². The molecular formula is C30H34BrN5O4. The Morgan fingerprint density at radius 1 is 1.12 bits per heavy atom. The SMILES string of the molecule is CC(=O)c1nn2c3c(cccc13)CCCCCCOC[C@@]13C[C@@H](C(=O)Nc4nc(Br)ccc4C)N(C(=O)C2)[C@@H]1C3. The summed E-state index contributed by atoms with van der Waals surface area (Å²) in [6, 6.07) is 8.94. The van der Waals surface area contributed by atoms with Gasteiger partial charge >= 0.3 is 0 Å². The predicted molar refractivity (Wildman–Crippen MR) is 154 cm³/mol. The number of Topliss-reactive ketones (excluding diaryl/α,β-unsaturated/α-hetero) is 1. The number of amides is 2. The van der Waals surface area contributed by atoms with Crippen molar-refractivity contribution in [3.63, 3.8) is 0 Å². The van der Waals surface area contributed by atoms with E-state index in [1.807, 2.05) is 31.2 Å². The number of nitrogens with zero attached hydrogens (tertiary/aromatic N) is 4. The Labute approximate surface area is 241 Å². The second-order valence-corrected chi connectivity index (χ2v) is 12.3. The molecule has 40 heavy (non-hydrogen) atoms. The lowest BCUT2D eigenvalue weighted by molar-refractivity contribution is -0.138. The highest BCUT2D eigenvalue weighted by atomic mass is 79.9. The maximum atomic E-state index is 14.1. The number of carbonyl (C=O) groups is 3. The molecule has 4 heterocycles. The number of hydrogen-bond acceptors (Lipinski definition) is 6. The van der Waals surface area contributed by atoms with Crippen LogP contribution >= 0.6 is 15.9 Å². The highest BCUT2D eigenvalue weighted by Gasteiger charge is 2.67. The van der Waals surface area contributed by atoms with Gasteiger partial charge in [-0.1, -0.05) is 37.1 Å². The lowest BCUT2D eigenvalue weighted by atomic mass is 10.00. The quantitative estimate of drug-likeness (QED) is 0.337. The fourth-order valence-electron chi connectivity index (χ4n) is 6.50. The molecule has 2 bridgehead atoms. The van der Waals surface area contributed by atoms with Gasteiger partial charge in [-0.25, -0.2) is 4.98 Å². The maximum Gasteiger partial charge on any atom is 0.248 e. The topological polar surface area (TPSA) is 106 Å². The first-order chi connectivity index (χ1) is 19.3. The molecule has 3 aromatic rings. The van der Waals surface area contributed by atoms with Gasteiger partial charge in [0, 0.05) is 30.4 Å². The van der Waals surface area contributed by atoms with E-state index in [1.165, 1.54) is 6.92 Å². The van der Waals surface area contributed by atoms with Crippen molar-refractivity contribution in [1.82, 2.24) is 19.7 Å². The third-order valence-corrected chi connectivity index (χ3v) is 9.10. The van der Waals surface area contributed by atoms with Crippen molar-refractivity contribution in [3.8, 4) is 0 Å². The summed E-state index contributed by atoms with van der Waals surface area (Å²) in [5, 5.41) is 8.38. The first-order valence-electron chi connectivity index (χ1n) is 14.1. The minimum atomic E-state index is -0.640. The summed E-state index contributed by atoms with van der Waals surface area (Å²) >= 11 is 3.38. The standard InChI is InChI=1S/C30H34BrN5O4/c1-18-11-12-24(31)32-28(18)33-29(39)22-14-30-15-23(30)36(22)25(38)16-35-27-20(8-5-3-4-6-13-40-17-30)9-7-10-21(27)26(34-35)19(2)37/h7,9-12,22-23H,3-6,8,13-17H2,1-2H3,(H,32,33,39)/t22-,23+,30-/m0/s1. The summed E-state index contributed by atoms with van der Waals surface area (Å²) in [6.45, 7) is 4.59. The first-order valence-corrected chi connectivity index (χ1v) is 14.9. The van der Waals surface area contributed by atoms with Gasteiger partial charge in [0.15, 0.2) is 5.78 Å². The van der Waals surface area contributed by atoms with E-state index in [1.54, 1.807) is 9.58 Å². The second-order valence-electron chi connectivity index (χ2n) is 11.5. The lowest BCUT2D eigenvalue weighted by Gasteiger charge is -2.27. The third-order valence-electron chi connectivity index (χ3n) is 8.66. The monoisotopic (exact) mass is 607 g/mol. The molecule has 0 radical (unpaired) electrons. The highest BCUT2D eigenvalue weighted by Crippen LogP contribution is 2.60. The Bertz CT molecular complexity index is 1500. The molecule has 2 aromatic heterocycles. The zero-order chi connectivity index (χ0) is 28.0. The fraction of sp³-hybridized carbons (Fsp3) is 0.500. The van der Waals surface area contributed by atoms with Gasteiger partial charge in [0.05, 0.1) is 12.1 Å². The summed E-state index contributed by atoms with van der Waals surface area (Å²) in [5.74, 6) is -0.0791. The van der Waals surface area contributed by atoms with Gasteiger partial charge < -0.3 is 15.0 Å². The molecule has 0 spiro atoms. The maximum absolute atomic E-state index is 14.1. The zero-order valence-corrected chi connectivity index (χ0v) is 24.5. The van der Waals surface area contributed by atoms with Crippen LogP contribution in [-0.4, -0.2) is 62.6 Å². The number of aryl methyl sites for hydroxylation is 2. The summed E-state index contributed by atoms with van der Waals surface area (Å²) < 4.78 is 8.42. The molecule has 3 atom stereocenters. The molecular weight excluding hydrogens is 574 g/mol. The molecule has 6 rings (SSSR count). The number of aromatic nitrogens is 3. The average molecular weight is 609 g/mol. The molecule has 2 amide bonds. The number of anilines is 1. The third kappa shape index (κ3) is 4.96. The van der Waals surface area contributed by atoms with Crippen LogP contribution in [0.4, 0.5) is 5.82 Å². The second kappa shape index (κ2) is 10.7. The van der Waals surface area contributed by atoms with Crippen LogP contribution in [0.5, 0.6) is 0 Å². The molecule has 1 N–H and O–H groups in total. The van der Waals surface area contributed by atoms with Crippen molar-refractivity contribution >= 4 is 50.2 Å². The lowest BCUT2D eigenvalue weighted by Crippen LogP contribution is -2.47. The van der Waals surface area contributed by atoms with Crippen LogP contribution in [0.2, 0.25) is 0 Å². The van der Waals surface area contributed by atoms with Crippen LogP contribution in [0, 0.1) is 12.3 Å². The van der Waals surface area contributed by atoms with Crippen LogP contribution < -0.4 is 5.32 Å². The number of para-hydroxylation sites is 1. The Morgan fingerprint density at radius 2 is 1.95 bits per heavy atom. The Kier molecular flexibility index (Phi) is 7.25. The molecule has 1 aliphatic carbocycles. The van der Waals surface area contributed by atoms with Gasteiger partial charge in [-0.05, 0) is 72.2 Å². The number of ketones is 1. The molecule has 2 aliphatic heterocycles. The number of halogens is 1. The van der Waals surface area contributed by atoms with Gasteiger partial charge in [0.25, 0.3) is 0 Å². The number of ether oxygens (including phenoxy) is 1. The smallest absolute Gasteiger partial charge is 0.248 e. The molecule has 1 aromatic carbocycles. The van der Waals surface area contributed by atoms with E-state index in [-0.39, 0.29) is 35.6 Å². The van der Waals surface area contributed by atoms with Crippen molar-refractivity contribution in [2.45, 2.75) is 77.4 Å². The fourth-order valence-corrected chi connectivity index (χ4v) is 6.81. The van der Waals surface area contributed by atoms with Crippen molar-refractivity contribution in [1.29, 1.82) is 0 Å². The van der Waals surface area contributed by atoms with Crippen LogP contribution in [0.3, 0.4) is 0 Å². The van der Waals surface area contributed by atoms with Crippen molar-refractivity contribution < 1.29 is 19.1 Å². The number of nitrogens with one attached hydrogen (secondary N) is 1. The molecule has 1 saturated carbocycles. The number of pyridine rings is 1. The number of hydrogen-bond donors (Lipinski definition) is 1. The van der Waals surface area contributed by atoms with Crippen molar-refractivity contribution in [3.05, 3.63) is 51.8 Å².